The Morgan fingerprint density at radius 3 is 2.21 bits per heavy atom. The Balaban J connectivity index is 1.37. The number of alkyl halides is 3. The van der Waals surface area contributed by atoms with Gasteiger partial charge >= 0.3 is 0 Å². The van der Waals surface area contributed by atoms with Gasteiger partial charge in [0.2, 0.25) is 0 Å². The topological polar surface area (TPSA) is 42.0 Å². The van der Waals surface area contributed by atoms with Gasteiger partial charge in [0.15, 0.2) is 11.6 Å². The Morgan fingerprint density at radius 2 is 1.60 bits per heavy atom. The maximum absolute atomic E-state index is 16.9. The van der Waals surface area contributed by atoms with Crippen LogP contribution in [0.25, 0.3) is 5.57 Å². The molecule has 0 aromatic heterocycles. The predicted molar refractivity (Wildman–Crippen MR) is 216 cm³/mol. The van der Waals surface area contributed by atoms with Crippen molar-refractivity contribution in [3.8, 4) is 5.75 Å². The van der Waals surface area contributed by atoms with Gasteiger partial charge in [-0.05, 0) is 94.7 Å². The Hall–Kier alpha value is -4.17. The van der Waals surface area contributed by atoms with Crippen molar-refractivity contribution in [2.75, 3.05) is 39.5 Å². The Labute approximate surface area is 333 Å². The number of halogens is 6. The number of rotatable bonds is 17. The summed E-state index contributed by atoms with van der Waals surface area (Å²) in [6, 6.07) is 23.5. The zero-order valence-corrected chi connectivity index (χ0v) is 33.7. The van der Waals surface area contributed by atoms with Crippen LogP contribution >= 0.6 is 0 Å². The minimum absolute atomic E-state index is 0.116. The molecule has 1 radical (unpaired) electrons. The monoisotopic (exact) mass is 805 g/mol. The van der Waals surface area contributed by atoms with Crippen LogP contribution in [0.4, 0.5) is 26.3 Å². The smallest absolute Gasteiger partial charge is 0.293 e. The average Bonchev–Trinajstić information content (AvgIpc) is 3.53. The third kappa shape index (κ3) is 8.96. The summed E-state index contributed by atoms with van der Waals surface area (Å²) in [6.45, 7) is 5.54. The van der Waals surface area contributed by atoms with E-state index in [1.807, 2.05) is 81.4 Å². The molecule has 2 aliphatic rings. The van der Waals surface area contributed by atoms with Gasteiger partial charge in [-0.15, -0.1) is 0 Å². The van der Waals surface area contributed by atoms with Crippen LogP contribution in [0.15, 0.2) is 96.6 Å². The molecule has 0 saturated carbocycles. The highest BCUT2D eigenvalue weighted by Crippen LogP contribution is 2.51. The summed E-state index contributed by atoms with van der Waals surface area (Å²) in [6.07, 6.45) is 1.18. The molecule has 57 heavy (non-hydrogen) atoms. The second-order valence-corrected chi connectivity index (χ2v) is 20.2. The van der Waals surface area contributed by atoms with Gasteiger partial charge < -0.3 is 18.8 Å². The zero-order valence-electron chi connectivity index (χ0n) is 32.7. The van der Waals surface area contributed by atoms with Crippen molar-refractivity contribution in [2.24, 2.45) is 0 Å². The van der Waals surface area contributed by atoms with Gasteiger partial charge in [-0.2, -0.15) is 0 Å². The molecule has 5 nitrogen and oxygen atoms in total. The van der Waals surface area contributed by atoms with Gasteiger partial charge in [0.05, 0.1) is 32.1 Å². The summed E-state index contributed by atoms with van der Waals surface area (Å²) < 4.78 is 107. The van der Waals surface area contributed by atoms with Gasteiger partial charge in [-0.3, -0.25) is 9.29 Å². The van der Waals surface area contributed by atoms with E-state index >= 15 is 17.6 Å². The number of nitrogens with zero attached hydrogens (tertiary/aromatic N) is 2. The van der Waals surface area contributed by atoms with Crippen LogP contribution in [0.5, 0.6) is 5.75 Å². The van der Waals surface area contributed by atoms with Gasteiger partial charge in [-0.1, -0.05) is 87.5 Å². The average molecular weight is 806 g/mol. The maximum atomic E-state index is 16.9. The highest BCUT2D eigenvalue weighted by molar-refractivity contribution is 6.99. The van der Waals surface area contributed by atoms with Crippen molar-refractivity contribution in [1.82, 2.24) is 9.71 Å². The highest BCUT2D eigenvalue weighted by Gasteiger charge is 2.53. The molecule has 13 heteroatoms. The molecule has 0 fully saturated rings. The first-order chi connectivity index (χ1) is 27.2. The van der Waals surface area contributed by atoms with E-state index in [4.69, 9.17) is 9.16 Å². The van der Waals surface area contributed by atoms with Gasteiger partial charge in [0.25, 0.3) is 21.7 Å². The molecule has 1 aliphatic heterocycles. The van der Waals surface area contributed by atoms with Crippen molar-refractivity contribution < 1.29 is 40.3 Å². The van der Waals surface area contributed by atoms with Crippen LogP contribution in [-0.4, -0.2) is 83.1 Å². The molecule has 6 rings (SSSR count). The van der Waals surface area contributed by atoms with Crippen molar-refractivity contribution >= 4 is 37.9 Å². The van der Waals surface area contributed by atoms with E-state index in [1.54, 1.807) is 13.0 Å². The highest BCUT2D eigenvalue weighted by atomic mass is 28.4. The van der Waals surface area contributed by atoms with E-state index in [2.05, 4.69) is 0 Å². The molecule has 1 heterocycles. The molecule has 0 bridgehead atoms. The molecule has 1 aliphatic carbocycles. The fraction of sp³-hybridized carbons (Fsp3) is 0.386. The molecule has 0 saturated heterocycles. The zero-order chi connectivity index (χ0) is 41.0. The maximum Gasteiger partial charge on any atom is 0.293 e. The van der Waals surface area contributed by atoms with Crippen LogP contribution < -0.4 is 15.1 Å². The van der Waals surface area contributed by atoms with E-state index in [0.717, 1.165) is 28.1 Å². The molecule has 0 unspecified atom stereocenters. The summed E-state index contributed by atoms with van der Waals surface area (Å²) in [4.78, 5) is 14.1. The number of fused-ring (bicyclic) bond motifs is 2. The minimum Gasteiger partial charge on any atom is -0.489 e. The lowest BCUT2D eigenvalue weighted by atomic mass is 9.84. The molecule has 4 aromatic carbocycles. The van der Waals surface area contributed by atoms with Gasteiger partial charge in [0, 0.05) is 18.2 Å². The van der Waals surface area contributed by atoms with Gasteiger partial charge in [0.1, 0.15) is 18.2 Å². The number of ether oxygens (including phenoxy) is 1. The summed E-state index contributed by atoms with van der Waals surface area (Å²) in [5.41, 5.74) is 2.11. The number of hydrogen-bond donors (Lipinski definition) is 0. The quantitative estimate of drug-likeness (QED) is 0.0611. The van der Waals surface area contributed by atoms with E-state index < -0.39 is 74.2 Å². The fourth-order valence-corrected chi connectivity index (χ4v) is 13.1. The van der Waals surface area contributed by atoms with Gasteiger partial charge in [-0.25, -0.2) is 22.0 Å². The summed E-state index contributed by atoms with van der Waals surface area (Å²) in [7, 11) is -2.14. The first-order valence-corrected chi connectivity index (χ1v) is 21.2. The van der Waals surface area contributed by atoms with Crippen LogP contribution in [0.1, 0.15) is 63.3 Å². The molecule has 0 spiro atoms. The van der Waals surface area contributed by atoms with Crippen molar-refractivity contribution in [1.29, 1.82) is 0 Å². The van der Waals surface area contributed by atoms with Crippen LogP contribution in [-0.2, 0) is 15.6 Å². The second-order valence-electron chi connectivity index (χ2n) is 15.9. The SMILES string of the molecule is C[C@@H]1CC2=C(Cc3ccc(F)cc32)[C@@H](c2c(F)ccc(OCCN([B]C=O)CCCF)c2F)N1CC(F)(F)CO[Si](c1ccccc1)(c1ccccc1)C(C)(C)C. The third-order valence-corrected chi connectivity index (χ3v) is 16.1. The standard InChI is InChI=1S/C44H48BF6N2O3Si/c1-30-24-36-35-26-32(47)17-16-31(35)25-37(36)42(40-38(48)18-19-39(41(40)49)55-23-22-52(45-29-54)21-11-20-46)53(30)27-44(50,51)28-56-57(43(2,3)4,33-12-7-5-8-13-33)34-14-9-6-10-15-34/h5-10,12-19,26,29-30,42H,11,20-25,27-28H2,1-4H3/t30-,42+/m1/s1. The second kappa shape index (κ2) is 17.8. The summed E-state index contributed by atoms with van der Waals surface area (Å²) in [5.74, 6) is -6.25. The number of carbonyl (C=O) groups excluding carboxylic acids is 1. The molecule has 0 N–H and O–H groups in total. The normalized spacial score (nSPS) is 17.5. The summed E-state index contributed by atoms with van der Waals surface area (Å²) in [5, 5.41) is 1.11. The molecule has 301 valence electrons. The third-order valence-electron chi connectivity index (χ3n) is 11.1. The Kier molecular flexibility index (Phi) is 13.2. The lowest BCUT2D eigenvalue weighted by Crippen LogP contribution is -2.67. The molecular formula is C44H48BF6N2O3Si. The lowest BCUT2D eigenvalue weighted by molar-refractivity contribution is -0.0818. The van der Waals surface area contributed by atoms with Crippen molar-refractivity contribution in [3.63, 3.8) is 0 Å². The first kappa shape index (κ1) is 42.4. The number of hydrogen-bond acceptors (Lipinski definition) is 5. The van der Waals surface area contributed by atoms with E-state index in [9.17, 15) is 13.6 Å². The molecular weight excluding hydrogens is 757 g/mol. The van der Waals surface area contributed by atoms with E-state index in [1.165, 1.54) is 29.3 Å². The van der Waals surface area contributed by atoms with Crippen molar-refractivity contribution in [3.05, 3.63) is 131 Å². The molecule has 4 aromatic rings. The van der Waals surface area contributed by atoms with Crippen molar-refractivity contribution in [2.45, 2.75) is 70.0 Å². The molecule has 0 amide bonds. The fourth-order valence-electron chi connectivity index (χ4n) is 8.51. The number of benzene rings is 4. The van der Waals surface area contributed by atoms with Crippen LogP contribution in [0, 0.1) is 17.5 Å². The van der Waals surface area contributed by atoms with Crippen LogP contribution in [0.2, 0.25) is 5.04 Å². The Bertz CT molecular complexity index is 2010. The number of carbonyl (C=O) groups is 1. The Morgan fingerprint density at radius 1 is 0.930 bits per heavy atom. The van der Waals surface area contributed by atoms with E-state index in [-0.39, 0.29) is 44.7 Å². The lowest BCUT2D eigenvalue weighted by Gasteiger charge is -2.46. The minimum atomic E-state index is -3.49. The van der Waals surface area contributed by atoms with Crippen LogP contribution in [0.3, 0.4) is 0 Å². The molecule has 2 atom stereocenters. The summed E-state index contributed by atoms with van der Waals surface area (Å²) >= 11 is 0. The van der Waals surface area contributed by atoms with E-state index in [0.29, 0.717) is 22.9 Å². The first-order valence-electron chi connectivity index (χ1n) is 19.3. The largest absolute Gasteiger partial charge is 0.489 e. The predicted octanol–water partition coefficient (Wildman–Crippen LogP) is 8.31.